The number of anilines is 2. The van der Waals surface area contributed by atoms with Gasteiger partial charge in [0.1, 0.15) is 0 Å². The maximum Gasteiger partial charge on any atom is 0.416 e. The van der Waals surface area contributed by atoms with Crippen molar-refractivity contribution in [1.29, 1.82) is 0 Å². The first-order chi connectivity index (χ1) is 12.2. The second-order valence-corrected chi connectivity index (χ2v) is 5.43. The molecule has 134 valence electrons. The van der Waals surface area contributed by atoms with Crippen LogP contribution in [0, 0.1) is 0 Å². The van der Waals surface area contributed by atoms with E-state index in [-0.39, 0.29) is 17.1 Å². The van der Waals surface area contributed by atoms with Crippen molar-refractivity contribution in [2.24, 2.45) is 12.8 Å². The Morgan fingerprint density at radius 3 is 2.58 bits per heavy atom. The number of aromatic nitrogens is 4. The van der Waals surface area contributed by atoms with E-state index in [0.29, 0.717) is 11.3 Å². The van der Waals surface area contributed by atoms with Crippen LogP contribution >= 0.6 is 0 Å². The molecule has 1 heterocycles. The molecule has 1 amide bonds. The Morgan fingerprint density at radius 2 is 1.96 bits per heavy atom. The van der Waals surface area contributed by atoms with E-state index < -0.39 is 17.6 Å². The van der Waals surface area contributed by atoms with Crippen LogP contribution in [0.5, 0.6) is 0 Å². The Bertz CT molecular complexity index is 967. The zero-order valence-electron chi connectivity index (χ0n) is 13.4. The molecule has 3 aromatic rings. The van der Waals surface area contributed by atoms with E-state index >= 15 is 0 Å². The Kier molecular flexibility index (Phi) is 4.33. The van der Waals surface area contributed by atoms with Gasteiger partial charge < -0.3 is 11.1 Å². The Morgan fingerprint density at radius 1 is 1.19 bits per heavy atom. The highest BCUT2D eigenvalue weighted by atomic mass is 19.4. The average molecular weight is 362 g/mol. The lowest BCUT2D eigenvalue weighted by atomic mass is 10.1. The van der Waals surface area contributed by atoms with Crippen LogP contribution in [-0.4, -0.2) is 26.1 Å². The monoisotopic (exact) mass is 362 g/mol. The number of hydrogen-bond acceptors (Lipinski definition) is 5. The van der Waals surface area contributed by atoms with Gasteiger partial charge in [0.15, 0.2) is 0 Å². The third kappa shape index (κ3) is 3.63. The number of tetrazole rings is 1. The van der Waals surface area contributed by atoms with Crippen molar-refractivity contribution in [3.05, 3.63) is 53.6 Å². The molecule has 0 aliphatic heterocycles. The fraction of sp³-hybridized carbons (Fsp3) is 0.125. The molecule has 0 saturated heterocycles. The second-order valence-electron chi connectivity index (χ2n) is 5.43. The third-order valence-corrected chi connectivity index (χ3v) is 3.52. The van der Waals surface area contributed by atoms with E-state index in [2.05, 4.69) is 20.7 Å². The maximum absolute atomic E-state index is 12.9. The number of amides is 1. The van der Waals surface area contributed by atoms with E-state index in [9.17, 15) is 18.0 Å². The van der Waals surface area contributed by atoms with Crippen molar-refractivity contribution < 1.29 is 18.0 Å². The third-order valence-electron chi connectivity index (χ3n) is 3.52. The minimum Gasteiger partial charge on any atom is -0.366 e. The van der Waals surface area contributed by atoms with Gasteiger partial charge in [0, 0.05) is 22.5 Å². The molecule has 2 aromatic carbocycles. The van der Waals surface area contributed by atoms with Gasteiger partial charge >= 0.3 is 6.18 Å². The first-order valence-corrected chi connectivity index (χ1v) is 7.36. The summed E-state index contributed by atoms with van der Waals surface area (Å²) in [7, 11) is 1.56. The molecule has 0 radical (unpaired) electrons. The Hall–Kier alpha value is -3.43. The van der Waals surface area contributed by atoms with Gasteiger partial charge in [-0.25, -0.2) is 0 Å². The highest BCUT2D eigenvalue weighted by molar-refractivity contribution is 5.95. The van der Waals surface area contributed by atoms with Crippen LogP contribution in [-0.2, 0) is 13.2 Å². The van der Waals surface area contributed by atoms with E-state index in [1.807, 2.05) is 0 Å². The molecule has 26 heavy (non-hydrogen) atoms. The summed E-state index contributed by atoms with van der Waals surface area (Å²) in [6.07, 6.45) is -4.46. The van der Waals surface area contributed by atoms with Crippen LogP contribution in [0.4, 0.5) is 24.5 Å². The second kappa shape index (κ2) is 6.47. The minimum atomic E-state index is -4.46. The minimum absolute atomic E-state index is 0.199. The van der Waals surface area contributed by atoms with Gasteiger partial charge in [-0.3, -0.25) is 4.79 Å². The summed E-state index contributed by atoms with van der Waals surface area (Å²) >= 11 is 0. The standard InChI is InChI=1S/C16H13F3N6O/c1-25-23-15(22-24-25)12-7-9(14(20)26)5-6-13(12)21-11-4-2-3-10(8-11)16(17,18)19/h2-8,21H,1H3,(H2,20,26). The van der Waals surface area contributed by atoms with Gasteiger partial charge in [-0.1, -0.05) is 6.07 Å². The molecule has 0 atom stereocenters. The van der Waals surface area contributed by atoms with E-state index in [1.54, 1.807) is 7.05 Å². The zero-order valence-corrected chi connectivity index (χ0v) is 13.4. The number of nitrogens with one attached hydrogen (secondary N) is 1. The number of hydrogen-bond donors (Lipinski definition) is 2. The van der Waals surface area contributed by atoms with Crippen molar-refractivity contribution >= 4 is 17.3 Å². The summed E-state index contributed by atoms with van der Waals surface area (Å²) in [5.41, 5.74) is 5.72. The number of rotatable bonds is 4. The predicted molar refractivity (Wildman–Crippen MR) is 87.5 cm³/mol. The topological polar surface area (TPSA) is 98.7 Å². The lowest BCUT2D eigenvalue weighted by Crippen LogP contribution is -2.11. The van der Waals surface area contributed by atoms with Crippen molar-refractivity contribution in [3.8, 4) is 11.4 Å². The van der Waals surface area contributed by atoms with Crippen LogP contribution in [0.1, 0.15) is 15.9 Å². The normalized spacial score (nSPS) is 11.4. The van der Waals surface area contributed by atoms with Gasteiger partial charge in [-0.2, -0.15) is 18.0 Å². The number of carbonyl (C=O) groups excluding carboxylic acids is 1. The molecule has 0 fully saturated rings. The number of halogens is 3. The lowest BCUT2D eigenvalue weighted by molar-refractivity contribution is -0.137. The average Bonchev–Trinajstić information content (AvgIpc) is 3.01. The van der Waals surface area contributed by atoms with Gasteiger partial charge in [0.2, 0.25) is 11.7 Å². The van der Waals surface area contributed by atoms with Crippen molar-refractivity contribution in [1.82, 2.24) is 20.2 Å². The number of nitrogens with zero attached hydrogens (tertiary/aromatic N) is 4. The molecule has 7 nitrogen and oxygen atoms in total. The Labute approximate surface area is 145 Å². The predicted octanol–water partition coefficient (Wildman–Crippen LogP) is 2.74. The fourth-order valence-corrected chi connectivity index (χ4v) is 2.31. The van der Waals surface area contributed by atoms with Crippen LogP contribution in [0.2, 0.25) is 0 Å². The van der Waals surface area contributed by atoms with Crippen molar-refractivity contribution in [3.63, 3.8) is 0 Å². The smallest absolute Gasteiger partial charge is 0.366 e. The molecular weight excluding hydrogens is 349 g/mol. The quantitative estimate of drug-likeness (QED) is 0.744. The van der Waals surface area contributed by atoms with E-state index in [0.717, 1.165) is 12.1 Å². The molecule has 0 unspecified atom stereocenters. The summed E-state index contributed by atoms with van der Waals surface area (Å²) in [6, 6.07) is 9.18. The molecule has 1 aromatic heterocycles. The van der Waals surface area contributed by atoms with Gasteiger partial charge in [0.05, 0.1) is 12.6 Å². The molecule has 0 saturated carbocycles. The number of alkyl halides is 3. The number of carbonyl (C=O) groups is 1. The van der Waals surface area contributed by atoms with Crippen molar-refractivity contribution in [2.75, 3.05) is 5.32 Å². The summed E-state index contributed by atoms with van der Waals surface area (Å²) in [4.78, 5) is 12.7. The molecule has 0 aliphatic rings. The van der Waals surface area contributed by atoms with E-state index in [4.69, 9.17) is 5.73 Å². The summed E-state index contributed by atoms with van der Waals surface area (Å²) in [6.45, 7) is 0. The molecule has 3 rings (SSSR count). The molecule has 3 N–H and O–H groups in total. The molecule has 0 aliphatic carbocycles. The van der Waals surface area contributed by atoms with Crippen LogP contribution in [0.25, 0.3) is 11.4 Å². The van der Waals surface area contributed by atoms with E-state index in [1.165, 1.54) is 35.1 Å². The first-order valence-electron chi connectivity index (χ1n) is 7.36. The summed E-state index contributed by atoms with van der Waals surface area (Å²) in [5.74, 6) is -0.453. The van der Waals surface area contributed by atoms with Gasteiger partial charge in [-0.15, -0.1) is 10.2 Å². The highest BCUT2D eigenvalue weighted by Crippen LogP contribution is 2.33. The zero-order chi connectivity index (χ0) is 18.9. The largest absolute Gasteiger partial charge is 0.416 e. The molecule has 10 heteroatoms. The van der Waals surface area contributed by atoms with Crippen molar-refractivity contribution in [2.45, 2.75) is 6.18 Å². The highest BCUT2D eigenvalue weighted by Gasteiger charge is 2.30. The number of nitrogens with two attached hydrogens (primary N) is 1. The lowest BCUT2D eigenvalue weighted by Gasteiger charge is -2.13. The summed E-state index contributed by atoms with van der Waals surface area (Å²) < 4.78 is 38.7. The van der Waals surface area contributed by atoms with Crippen LogP contribution < -0.4 is 11.1 Å². The van der Waals surface area contributed by atoms with Gasteiger partial charge in [0.25, 0.3) is 0 Å². The molecular formula is C16H13F3N6O. The Balaban J connectivity index is 2.04. The van der Waals surface area contributed by atoms with Crippen LogP contribution in [0.3, 0.4) is 0 Å². The maximum atomic E-state index is 12.9. The first kappa shape index (κ1) is 17.4. The number of aryl methyl sites for hydroxylation is 1. The summed E-state index contributed by atoms with van der Waals surface area (Å²) in [5, 5.41) is 14.6. The van der Waals surface area contributed by atoms with Crippen LogP contribution in [0.15, 0.2) is 42.5 Å². The van der Waals surface area contributed by atoms with Gasteiger partial charge in [-0.05, 0) is 41.6 Å². The molecule has 0 spiro atoms. The number of benzene rings is 2. The fourth-order valence-electron chi connectivity index (χ4n) is 2.31. The SMILES string of the molecule is Cn1nnc(-c2cc(C(N)=O)ccc2Nc2cccc(C(F)(F)F)c2)n1. The molecule has 0 bridgehead atoms. The number of primary amides is 1.